The third-order valence-corrected chi connectivity index (χ3v) is 4.48. The van der Waals surface area contributed by atoms with E-state index >= 15 is 0 Å². The summed E-state index contributed by atoms with van der Waals surface area (Å²) >= 11 is 0. The molecule has 0 aromatic heterocycles. The summed E-state index contributed by atoms with van der Waals surface area (Å²) in [4.78, 5) is 36.5. The molecule has 0 spiro atoms. The first-order valence-electron chi connectivity index (χ1n) is 8.64. The van der Waals surface area contributed by atoms with Gasteiger partial charge in [-0.25, -0.2) is 0 Å². The molecule has 140 valence electrons. The summed E-state index contributed by atoms with van der Waals surface area (Å²) in [5.41, 5.74) is 2.20. The van der Waals surface area contributed by atoms with E-state index in [1.807, 2.05) is 24.3 Å². The summed E-state index contributed by atoms with van der Waals surface area (Å²) in [5, 5.41) is 16.7. The van der Waals surface area contributed by atoms with E-state index in [0.717, 1.165) is 12.1 Å². The van der Waals surface area contributed by atoms with Gasteiger partial charge in [0, 0.05) is 19.0 Å². The van der Waals surface area contributed by atoms with E-state index in [2.05, 4.69) is 10.6 Å². The molecular weight excluding hydrogens is 348 g/mol. The summed E-state index contributed by atoms with van der Waals surface area (Å²) in [6.07, 6.45) is 1.35. The first kappa shape index (κ1) is 18.4. The number of carbonyl (C=O) groups excluding carboxylic acids is 2. The van der Waals surface area contributed by atoms with Crippen molar-refractivity contribution < 1.29 is 14.5 Å². The topological polar surface area (TPSA) is 105 Å². The van der Waals surface area contributed by atoms with Gasteiger partial charge in [0.1, 0.15) is 0 Å². The number of hydrogen-bond donors (Lipinski definition) is 2. The lowest BCUT2D eigenvalue weighted by Crippen LogP contribution is -2.26. The zero-order chi connectivity index (χ0) is 19.4. The lowest BCUT2D eigenvalue weighted by Gasteiger charge is -2.20. The van der Waals surface area contributed by atoms with Crippen molar-refractivity contribution in [1.82, 2.24) is 0 Å². The molecule has 1 aliphatic rings. The monoisotopic (exact) mass is 368 g/mol. The number of amides is 2. The minimum Gasteiger partial charge on any atom is -0.374 e. The maximum atomic E-state index is 12.3. The lowest BCUT2D eigenvalue weighted by atomic mass is 10.1. The van der Waals surface area contributed by atoms with Gasteiger partial charge in [0.25, 0.3) is 5.69 Å². The van der Waals surface area contributed by atoms with Gasteiger partial charge in [-0.15, -0.1) is 0 Å². The Hall–Kier alpha value is -3.42. The van der Waals surface area contributed by atoms with Gasteiger partial charge in [0.15, 0.2) is 0 Å². The van der Waals surface area contributed by atoms with Crippen molar-refractivity contribution in [3.05, 3.63) is 58.1 Å². The normalized spacial score (nSPS) is 13.5. The fourth-order valence-electron chi connectivity index (χ4n) is 3.09. The highest BCUT2D eigenvalue weighted by Crippen LogP contribution is 2.29. The van der Waals surface area contributed by atoms with Crippen LogP contribution in [-0.4, -0.2) is 29.8 Å². The molecule has 2 aromatic carbocycles. The second-order valence-corrected chi connectivity index (χ2v) is 6.27. The molecule has 1 saturated heterocycles. The largest absolute Gasteiger partial charge is 0.374 e. The summed E-state index contributed by atoms with van der Waals surface area (Å²) < 4.78 is 0. The molecule has 0 unspecified atom stereocenters. The average molecular weight is 368 g/mol. The van der Waals surface area contributed by atoms with Crippen LogP contribution in [0.4, 0.5) is 22.7 Å². The van der Waals surface area contributed by atoms with Gasteiger partial charge in [-0.1, -0.05) is 18.2 Å². The maximum absolute atomic E-state index is 12.3. The van der Waals surface area contributed by atoms with E-state index in [1.165, 1.54) is 12.1 Å². The van der Waals surface area contributed by atoms with Crippen LogP contribution in [0.25, 0.3) is 0 Å². The number of hydrogen-bond acceptors (Lipinski definition) is 5. The fraction of sp³-hybridized carbons (Fsp3) is 0.263. The molecule has 0 saturated carbocycles. The number of carbonyl (C=O) groups is 2. The molecule has 8 nitrogen and oxygen atoms in total. The van der Waals surface area contributed by atoms with Crippen molar-refractivity contribution in [2.75, 3.05) is 28.6 Å². The third kappa shape index (κ3) is 4.05. The number of rotatable bonds is 6. The maximum Gasteiger partial charge on any atom is 0.274 e. The fourth-order valence-corrected chi connectivity index (χ4v) is 3.09. The van der Waals surface area contributed by atoms with Gasteiger partial charge in [-0.05, 0) is 31.5 Å². The van der Waals surface area contributed by atoms with E-state index in [4.69, 9.17) is 0 Å². The second-order valence-electron chi connectivity index (χ2n) is 6.27. The lowest BCUT2D eigenvalue weighted by molar-refractivity contribution is -0.385. The van der Waals surface area contributed by atoms with Crippen LogP contribution in [0.2, 0.25) is 0 Å². The second kappa shape index (κ2) is 7.86. The molecular formula is C19H20N4O4. The van der Waals surface area contributed by atoms with Crippen LogP contribution in [0.5, 0.6) is 0 Å². The number of benzene rings is 2. The predicted molar refractivity (Wildman–Crippen MR) is 103 cm³/mol. The first-order chi connectivity index (χ1) is 13.0. The molecule has 1 fully saturated rings. The number of anilines is 3. The minimum absolute atomic E-state index is 0.0266. The molecule has 0 radical (unpaired) electrons. The number of nitro groups is 1. The summed E-state index contributed by atoms with van der Waals surface area (Å²) in [6, 6.07) is 11.9. The Kier molecular flexibility index (Phi) is 5.35. The van der Waals surface area contributed by atoms with Crippen molar-refractivity contribution in [1.29, 1.82) is 0 Å². The molecule has 2 amide bonds. The van der Waals surface area contributed by atoms with Crippen molar-refractivity contribution in [2.24, 2.45) is 0 Å². The number of nitrogens with one attached hydrogen (secondary N) is 2. The Morgan fingerprint density at radius 1 is 1.19 bits per heavy atom. The highest BCUT2D eigenvalue weighted by atomic mass is 16.6. The number of nitrogens with zero attached hydrogens (tertiary/aromatic N) is 2. The average Bonchev–Trinajstić information content (AvgIpc) is 3.07. The molecule has 0 aliphatic carbocycles. The quantitative estimate of drug-likeness (QED) is 0.602. The van der Waals surface area contributed by atoms with E-state index < -0.39 is 4.92 Å². The van der Waals surface area contributed by atoms with Crippen molar-refractivity contribution in [3.8, 4) is 0 Å². The van der Waals surface area contributed by atoms with Gasteiger partial charge in [-0.3, -0.25) is 19.7 Å². The van der Waals surface area contributed by atoms with Gasteiger partial charge in [-0.2, -0.15) is 0 Å². The summed E-state index contributed by atoms with van der Waals surface area (Å²) in [6.45, 7) is 2.23. The van der Waals surface area contributed by atoms with Gasteiger partial charge >= 0.3 is 0 Å². The molecule has 1 aliphatic heterocycles. The predicted octanol–water partition coefficient (Wildman–Crippen LogP) is 3.08. The Morgan fingerprint density at radius 2 is 1.93 bits per heavy atom. The van der Waals surface area contributed by atoms with E-state index in [0.29, 0.717) is 29.9 Å². The molecule has 2 N–H and O–H groups in total. The van der Waals surface area contributed by atoms with Gasteiger partial charge in [0.05, 0.1) is 34.1 Å². The molecule has 27 heavy (non-hydrogen) atoms. The van der Waals surface area contributed by atoms with Crippen LogP contribution < -0.4 is 15.5 Å². The van der Waals surface area contributed by atoms with Crippen molar-refractivity contribution in [3.63, 3.8) is 0 Å². The Bertz CT molecular complexity index is 897. The first-order valence-corrected chi connectivity index (χ1v) is 8.64. The Labute approximate surface area is 156 Å². The van der Waals surface area contributed by atoms with Crippen LogP contribution in [-0.2, 0) is 9.59 Å². The Balaban J connectivity index is 1.68. The van der Waals surface area contributed by atoms with E-state index in [1.54, 1.807) is 17.9 Å². The number of nitro benzene ring substituents is 1. The zero-order valence-corrected chi connectivity index (χ0v) is 14.9. The van der Waals surface area contributed by atoms with Crippen molar-refractivity contribution in [2.45, 2.75) is 19.8 Å². The molecule has 3 rings (SSSR count). The van der Waals surface area contributed by atoms with Crippen LogP contribution in [0, 0.1) is 17.0 Å². The zero-order valence-electron chi connectivity index (χ0n) is 14.9. The smallest absolute Gasteiger partial charge is 0.274 e. The highest BCUT2D eigenvalue weighted by Gasteiger charge is 2.23. The summed E-state index contributed by atoms with van der Waals surface area (Å²) in [5.74, 6) is -0.262. The van der Waals surface area contributed by atoms with Crippen LogP contribution in [0.1, 0.15) is 18.4 Å². The van der Waals surface area contributed by atoms with Crippen LogP contribution >= 0.6 is 0 Å². The summed E-state index contributed by atoms with van der Waals surface area (Å²) in [7, 11) is 0. The highest BCUT2D eigenvalue weighted by molar-refractivity contribution is 5.99. The molecule has 2 aromatic rings. The van der Waals surface area contributed by atoms with Crippen molar-refractivity contribution >= 4 is 34.6 Å². The van der Waals surface area contributed by atoms with Gasteiger partial charge < -0.3 is 15.5 Å². The number of para-hydroxylation sites is 2. The molecule has 0 bridgehead atoms. The standard InChI is InChI=1S/C19H20N4O4/c1-13-14(7-4-9-16(13)23(26)27)21-18(24)12-20-15-6-2-3-8-17(15)22-11-5-10-19(22)25/h2-4,6-9,20H,5,10-12H2,1H3,(H,21,24). The molecule has 1 heterocycles. The Morgan fingerprint density at radius 3 is 2.63 bits per heavy atom. The third-order valence-electron chi connectivity index (χ3n) is 4.48. The minimum atomic E-state index is -0.480. The molecule has 0 atom stereocenters. The SMILES string of the molecule is Cc1c(NC(=O)CNc2ccccc2N2CCCC2=O)cccc1[N+](=O)[O-]. The molecule has 8 heteroatoms. The van der Waals surface area contributed by atoms with E-state index in [-0.39, 0.29) is 24.0 Å². The van der Waals surface area contributed by atoms with Crippen LogP contribution in [0.15, 0.2) is 42.5 Å². The van der Waals surface area contributed by atoms with Gasteiger partial charge in [0.2, 0.25) is 11.8 Å². The van der Waals surface area contributed by atoms with E-state index in [9.17, 15) is 19.7 Å². The van der Waals surface area contributed by atoms with Crippen LogP contribution in [0.3, 0.4) is 0 Å².